The summed E-state index contributed by atoms with van der Waals surface area (Å²) in [6.07, 6.45) is 3.73. The lowest BCUT2D eigenvalue weighted by atomic mass is 10.1. The van der Waals surface area contributed by atoms with Crippen LogP contribution in [0.25, 0.3) is 0 Å². The summed E-state index contributed by atoms with van der Waals surface area (Å²) in [6, 6.07) is 6.83. The van der Waals surface area contributed by atoms with Crippen molar-refractivity contribution in [2.24, 2.45) is 0 Å². The van der Waals surface area contributed by atoms with E-state index >= 15 is 0 Å². The number of rotatable bonds is 9. The fourth-order valence-corrected chi connectivity index (χ4v) is 2.71. The number of nitrogens with zero attached hydrogens (tertiary/aromatic N) is 2. The van der Waals surface area contributed by atoms with E-state index in [4.69, 9.17) is 0 Å². The van der Waals surface area contributed by atoms with Gasteiger partial charge in [-0.3, -0.25) is 14.5 Å². The van der Waals surface area contributed by atoms with E-state index in [9.17, 15) is 19.5 Å². The first kappa shape index (κ1) is 20.4. The molecule has 3 N–H and O–H groups in total. The average molecular weight is 374 g/mol. The lowest BCUT2D eigenvalue weighted by Gasteiger charge is -2.25. The number of imide groups is 1. The quantitative estimate of drug-likeness (QED) is 0.431. The number of hydrogen-bond acceptors (Lipinski definition) is 5. The Hall–Kier alpha value is -2.87. The highest BCUT2D eigenvalue weighted by molar-refractivity contribution is 6.12. The van der Waals surface area contributed by atoms with Crippen LogP contribution in [0.5, 0.6) is 5.75 Å². The molecule has 8 nitrogen and oxygen atoms in total. The van der Waals surface area contributed by atoms with E-state index in [2.05, 4.69) is 10.6 Å². The number of likely N-dealkylation sites (N-methyl/N-ethyl adjacent to an activating group) is 1. The number of urea groups is 1. The van der Waals surface area contributed by atoms with Crippen molar-refractivity contribution in [1.82, 2.24) is 20.4 Å². The van der Waals surface area contributed by atoms with E-state index in [1.54, 1.807) is 12.1 Å². The van der Waals surface area contributed by atoms with Crippen molar-refractivity contribution in [3.63, 3.8) is 0 Å². The van der Waals surface area contributed by atoms with Gasteiger partial charge in [0.25, 0.3) is 11.8 Å². The molecule has 1 aliphatic heterocycles. The van der Waals surface area contributed by atoms with Gasteiger partial charge in [0, 0.05) is 37.8 Å². The van der Waals surface area contributed by atoms with Gasteiger partial charge in [-0.1, -0.05) is 12.1 Å². The smallest absolute Gasteiger partial charge is 0.314 e. The summed E-state index contributed by atoms with van der Waals surface area (Å²) >= 11 is 0. The van der Waals surface area contributed by atoms with Crippen LogP contribution in [0, 0.1) is 0 Å². The topological polar surface area (TPSA) is 102 Å². The van der Waals surface area contributed by atoms with Gasteiger partial charge in [0.05, 0.1) is 0 Å². The van der Waals surface area contributed by atoms with Gasteiger partial charge in [0.2, 0.25) is 0 Å². The first-order valence-corrected chi connectivity index (χ1v) is 8.86. The van der Waals surface area contributed by atoms with E-state index in [0.29, 0.717) is 19.5 Å². The molecule has 146 valence electrons. The number of phenolic OH excluding ortho intramolecular Hbond substituents is 1. The van der Waals surface area contributed by atoms with Crippen LogP contribution in [-0.2, 0) is 16.0 Å². The van der Waals surface area contributed by atoms with Crippen LogP contribution in [0.15, 0.2) is 36.4 Å². The molecule has 0 aromatic heterocycles. The lowest BCUT2D eigenvalue weighted by Crippen LogP contribution is -2.45. The third-order valence-electron chi connectivity index (χ3n) is 4.38. The zero-order chi connectivity index (χ0) is 19.8. The van der Waals surface area contributed by atoms with Crippen molar-refractivity contribution >= 4 is 17.8 Å². The number of nitrogens with one attached hydrogen (secondary N) is 2. The maximum Gasteiger partial charge on any atom is 0.314 e. The third-order valence-corrected chi connectivity index (χ3v) is 4.38. The van der Waals surface area contributed by atoms with Gasteiger partial charge in [-0.15, -0.1) is 0 Å². The van der Waals surface area contributed by atoms with E-state index < -0.39 is 0 Å². The van der Waals surface area contributed by atoms with Crippen LogP contribution in [0.3, 0.4) is 0 Å². The Morgan fingerprint density at radius 1 is 1.11 bits per heavy atom. The van der Waals surface area contributed by atoms with Gasteiger partial charge in [0.1, 0.15) is 5.75 Å². The first-order valence-electron chi connectivity index (χ1n) is 8.86. The summed E-state index contributed by atoms with van der Waals surface area (Å²) in [5.74, 6) is -0.397. The van der Waals surface area contributed by atoms with E-state index in [1.807, 2.05) is 31.1 Å². The average Bonchev–Trinajstić information content (AvgIpc) is 2.95. The number of hydrogen-bond donors (Lipinski definition) is 3. The number of amides is 4. The Balaban J connectivity index is 1.68. The molecule has 0 spiro atoms. The molecule has 1 atom stereocenters. The van der Waals surface area contributed by atoms with Crippen molar-refractivity contribution in [2.45, 2.75) is 18.9 Å². The van der Waals surface area contributed by atoms with E-state index in [1.165, 1.54) is 12.2 Å². The van der Waals surface area contributed by atoms with Crippen LogP contribution < -0.4 is 10.6 Å². The van der Waals surface area contributed by atoms with Crippen LogP contribution in [-0.4, -0.2) is 72.5 Å². The van der Waals surface area contributed by atoms with E-state index in [0.717, 1.165) is 16.9 Å². The van der Waals surface area contributed by atoms with Gasteiger partial charge in [-0.2, -0.15) is 0 Å². The van der Waals surface area contributed by atoms with Crippen molar-refractivity contribution in [2.75, 3.05) is 33.7 Å². The zero-order valence-corrected chi connectivity index (χ0v) is 15.6. The molecule has 0 bridgehead atoms. The molecule has 1 aromatic rings. The van der Waals surface area contributed by atoms with Crippen molar-refractivity contribution in [1.29, 1.82) is 0 Å². The summed E-state index contributed by atoms with van der Waals surface area (Å²) in [7, 11) is 3.89. The van der Waals surface area contributed by atoms with Crippen LogP contribution in [0.1, 0.15) is 12.0 Å². The Kier molecular flexibility index (Phi) is 7.36. The summed E-state index contributed by atoms with van der Waals surface area (Å²) in [5.41, 5.74) is 1.07. The molecule has 0 unspecified atom stereocenters. The molecule has 4 amide bonds. The van der Waals surface area contributed by atoms with Gasteiger partial charge < -0.3 is 20.6 Å². The maximum absolute atomic E-state index is 12.0. The summed E-state index contributed by atoms with van der Waals surface area (Å²) in [6.45, 7) is 1.12. The van der Waals surface area contributed by atoms with Gasteiger partial charge in [-0.05, 0) is 44.6 Å². The Morgan fingerprint density at radius 2 is 1.74 bits per heavy atom. The molecule has 1 aromatic carbocycles. The predicted octanol–water partition coefficient (Wildman–Crippen LogP) is 0.479. The number of carbonyl (C=O) groups is 3. The normalized spacial score (nSPS) is 14.7. The lowest BCUT2D eigenvalue weighted by molar-refractivity contribution is -0.136. The minimum Gasteiger partial charge on any atom is -0.508 e. The van der Waals surface area contributed by atoms with Crippen molar-refractivity contribution < 1.29 is 19.5 Å². The monoisotopic (exact) mass is 374 g/mol. The second-order valence-electron chi connectivity index (χ2n) is 6.64. The predicted molar refractivity (Wildman–Crippen MR) is 101 cm³/mol. The standard InChI is InChI=1S/C19H26N4O4/c1-22(2)15(12-14-4-6-16(24)7-5-14)13-21-19(27)20-10-3-11-23-17(25)8-9-18(23)26/h4-9,15,24H,3,10-13H2,1-2H3,(H2,20,21,27)/t15-/m0/s1. The molecular formula is C19H26N4O4. The molecule has 1 heterocycles. The number of aromatic hydroxyl groups is 1. The number of phenols is 1. The van der Waals surface area contributed by atoms with Crippen LogP contribution in [0.4, 0.5) is 4.79 Å². The molecule has 0 aliphatic carbocycles. The van der Waals surface area contributed by atoms with Gasteiger partial charge >= 0.3 is 6.03 Å². The molecule has 2 rings (SSSR count). The summed E-state index contributed by atoms with van der Waals surface area (Å²) in [5, 5.41) is 14.9. The molecule has 0 saturated carbocycles. The van der Waals surface area contributed by atoms with E-state index in [-0.39, 0.29) is 36.2 Å². The second kappa shape index (κ2) is 9.72. The molecule has 0 radical (unpaired) electrons. The molecule has 0 fully saturated rings. The molecule has 1 aliphatic rings. The SMILES string of the molecule is CN(C)[C@H](CNC(=O)NCCCN1C(=O)C=CC1=O)Cc1ccc(O)cc1. The fourth-order valence-electron chi connectivity index (χ4n) is 2.71. The van der Waals surface area contributed by atoms with Crippen LogP contribution >= 0.6 is 0 Å². The minimum atomic E-state index is -0.312. The Morgan fingerprint density at radius 3 is 2.33 bits per heavy atom. The summed E-state index contributed by atoms with van der Waals surface area (Å²) in [4.78, 5) is 38.0. The largest absolute Gasteiger partial charge is 0.508 e. The molecule has 0 saturated heterocycles. The molecule has 8 heteroatoms. The second-order valence-corrected chi connectivity index (χ2v) is 6.64. The fraction of sp³-hybridized carbons (Fsp3) is 0.421. The van der Waals surface area contributed by atoms with Gasteiger partial charge in [0.15, 0.2) is 0 Å². The Bertz CT molecular complexity index is 682. The molecule has 27 heavy (non-hydrogen) atoms. The summed E-state index contributed by atoms with van der Waals surface area (Å²) < 4.78 is 0. The number of carbonyl (C=O) groups excluding carboxylic acids is 3. The van der Waals surface area contributed by atoms with Crippen molar-refractivity contribution in [3.05, 3.63) is 42.0 Å². The zero-order valence-electron chi connectivity index (χ0n) is 15.6. The number of benzene rings is 1. The minimum absolute atomic E-state index is 0.103. The Labute approximate surface area is 158 Å². The highest BCUT2D eigenvalue weighted by Gasteiger charge is 2.22. The van der Waals surface area contributed by atoms with Crippen molar-refractivity contribution in [3.8, 4) is 5.75 Å². The maximum atomic E-state index is 12.0. The third kappa shape index (κ3) is 6.41. The van der Waals surface area contributed by atoms with Crippen LogP contribution in [0.2, 0.25) is 0 Å². The van der Waals surface area contributed by atoms with Gasteiger partial charge in [-0.25, -0.2) is 4.79 Å². The first-order chi connectivity index (χ1) is 12.9. The highest BCUT2D eigenvalue weighted by Crippen LogP contribution is 2.12. The molecular weight excluding hydrogens is 348 g/mol. The highest BCUT2D eigenvalue weighted by atomic mass is 16.3.